The number of ether oxygens (including phenoxy) is 1. The van der Waals surface area contributed by atoms with E-state index < -0.39 is 34.6 Å². The maximum atomic E-state index is 14.9. The maximum Gasteiger partial charge on any atom is 0.204 e. The third kappa shape index (κ3) is 4.29. The summed E-state index contributed by atoms with van der Waals surface area (Å²) in [6.07, 6.45) is 6.30. The van der Waals surface area contributed by atoms with Gasteiger partial charge in [-0.3, -0.25) is 0 Å². The van der Waals surface area contributed by atoms with E-state index in [0.717, 1.165) is 32.1 Å². The Hall–Kier alpha value is -1.76. The number of nitrogens with one attached hydrogen (secondary N) is 2. The van der Waals surface area contributed by atoms with Gasteiger partial charge >= 0.3 is 0 Å². The summed E-state index contributed by atoms with van der Waals surface area (Å²) in [6, 6.07) is -0.329. The van der Waals surface area contributed by atoms with Crippen LogP contribution in [-0.4, -0.2) is 25.7 Å². The van der Waals surface area contributed by atoms with Crippen LogP contribution in [0.3, 0.4) is 0 Å². The van der Waals surface area contributed by atoms with E-state index in [0.29, 0.717) is 43.6 Å². The molecule has 0 spiro atoms. The van der Waals surface area contributed by atoms with Gasteiger partial charge in [0.25, 0.3) is 0 Å². The van der Waals surface area contributed by atoms with Gasteiger partial charge in [0, 0.05) is 23.9 Å². The topological polar surface area (TPSA) is 33.3 Å². The number of allylic oxidation sites excluding steroid dienone is 1. The van der Waals surface area contributed by atoms with Crippen molar-refractivity contribution in [1.29, 1.82) is 0 Å². The molecule has 0 radical (unpaired) electrons. The molecule has 0 saturated carbocycles. The maximum absolute atomic E-state index is 14.9. The third-order valence-electron chi connectivity index (χ3n) is 5.41. The predicted molar refractivity (Wildman–Crippen MR) is 101 cm³/mol. The quantitative estimate of drug-likeness (QED) is 0.364. The van der Waals surface area contributed by atoms with Crippen molar-refractivity contribution in [2.24, 2.45) is 0 Å². The Morgan fingerprint density at radius 1 is 0.964 bits per heavy atom. The van der Waals surface area contributed by atoms with E-state index in [-0.39, 0.29) is 12.6 Å². The average Bonchev–Trinajstić information content (AvgIpc) is 3.40. The van der Waals surface area contributed by atoms with Crippen molar-refractivity contribution in [1.82, 2.24) is 10.6 Å². The number of hydrogen-bond donors (Lipinski definition) is 2. The molecular formula is C21H28F4N2O. The zero-order chi connectivity index (χ0) is 20.1. The number of rotatable bonds is 8. The minimum Gasteiger partial charge on any atom is -0.487 e. The summed E-state index contributed by atoms with van der Waals surface area (Å²) in [7, 11) is 0. The summed E-state index contributed by atoms with van der Waals surface area (Å²) < 4.78 is 64.2. The van der Waals surface area contributed by atoms with Crippen LogP contribution in [0, 0.1) is 23.3 Å². The summed E-state index contributed by atoms with van der Waals surface area (Å²) in [6.45, 7) is 3.44. The normalized spacial score (nSPS) is 21.1. The van der Waals surface area contributed by atoms with Crippen molar-refractivity contribution in [3.63, 3.8) is 0 Å². The summed E-state index contributed by atoms with van der Waals surface area (Å²) >= 11 is 0. The van der Waals surface area contributed by atoms with Gasteiger partial charge in [0.2, 0.25) is 11.6 Å². The van der Waals surface area contributed by atoms with Crippen molar-refractivity contribution in [2.45, 2.75) is 64.3 Å². The Morgan fingerprint density at radius 2 is 1.71 bits per heavy atom. The zero-order valence-corrected chi connectivity index (χ0v) is 16.3. The van der Waals surface area contributed by atoms with Gasteiger partial charge in [0.15, 0.2) is 17.4 Å². The van der Waals surface area contributed by atoms with Crippen LogP contribution in [0.15, 0.2) is 5.70 Å². The minimum atomic E-state index is -1.46. The molecule has 3 rings (SSSR count). The lowest BCUT2D eigenvalue weighted by molar-refractivity contribution is 0.263. The van der Waals surface area contributed by atoms with E-state index in [1.54, 1.807) is 0 Å². The third-order valence-corrected chi connectivity index (χ3v) is 5.41. The van der Waals surface area contributed by atoms with Crippen molar-refractivity contribution in [3.8, 4) is 5.75 Å². The van der Waals surface area contributed by atoms with E-state index in [1.165, 1.54) is 0 Å². The lowest BCUT2D eigenvalue weighted by Gasteiger charge is -2.22. The first-order valence-corrected chi connectivity index (χ1v) is 10.3. The Labute approximate surface area is 163 Å². The molecule has 2 saturated heterocycles. The molecule has 7 heteroatoms. The molecule has 2 N–H and O–H groups in total. The van der Waals surface area contributed by atoms with Crippen LogP contribution in [0.4, 0.5) is 17.6 Å². The number of unbranched alkanes of at least 4 members (excludes halogenated alkanes) is 3. The van der Waals surface area contributed by atoms with Gasteiger partial charge < -0.3 is 15.4 Å². The van der Waals surface area contributed by atoms with E-state index in [2.05, 4.69) is 10.6 Å². The van der Waals surface area contributed by atoms with Gasteiger partial charge in [-0.05, 0) is 38.6 Å². The molecule has 28 heavy (non-hydrogen) atoms. The second-order valence-electron chi connectivity index (χ2n) is 7.44. The molecule has 0 aliphatic carbocycles. The standard InChI is InChI=1S/C21H28F4N2O/c1-2-3-4-5-12-28-21-19(24)17(22)16(18(23)20(21)25)15(13-8-6-10-26-13)14-9-7-11-27-14/h13,26-27H,2-12H2,1H3. The average molecular weight is 400 g/mol. The summed E-state index contributed by atoms with van der Waals surface area (Å²) in [5, 5.41) is 6.31. The van der Waals surface area contributed by atoms with Crippen LogP contribution < -0.4 is 15.4 Å². The molecule has 2 aliphatic heterocycles. The Morgan fingerprint density at radius 3 is 2.29 bits per heavy atom. The van der Waals surface area contributed by atoms with Crippen molar-refractivity contribution in [3.05, 3.63) is 34.5 Å². The highest BCUT2D eigenvalue weighted by Gasteiger charge is 2.34. The molecule has 1 aromatic rings. The molecule has 1 atom stereocenters. The molecular weight excluding hydrogens is 372 g/mol. The summed E-state index contributed by atoms with van der Waals surface area (Å²) in [5.74, 6) is -6.64. The largest absolute Gasteiger partial charge is 0.487 e. The fraction of sp³-hybridized carbons (Fsp3) is 0.619. The van der Waals surface area contributed by atoms with E-state index >= 15 is 0 Å². The second-order valence-corrected chi connectivity index (χ2v) is 7.44. The van der Waals surface area contributed by atoms with Crippen molar-refractivity contribution >= 4 is 5.57 Å². The fourth-order valence-corrected chi connectivity index (χ4v) is 3.97. The molecule has 1 unspecified atom stereocenters. The van der Waals surface area contributed by atoms with Gasteiger partial charge in [0.1, 0.15) is 0 Å². The van der Waals surface area contributed by atoms with Gasteiger partial charge in [0.05, 0.1) is 12.2 Å². The summed E-state index contributed by atoms with van der Waals surface area (Å²) in [4.78, 5) is 0. The molecule has 3 nitrogen and oxygen atoms in total. The monoisotopic (exact) mass is 400 g/mol. The van der Waals surface area contributed by atoms with Crippen LogP contribution in [0.25, 0.3) is 5.57 Å². The highest BCUT2D eigenvalue weighted by Crippen LogP contribution is 2.38. The van der Waals surface area contributed by atoms with E-state index in [4.69, 9.17) is 4.74 Å². The highest BCUT2D eigenvalue weighted by atomic mass is 19.2. The number of halogens is 4. The van der Waals surface area contributed by atoms with Crippen LogP contribution in [0.5, 0.6) is 5.75 Å². The Balaban J connectivity index is 1.96. The highest BCUT2D eigenvalue weighted by molar-refractivity contribution is 5.74. The fourth-order valence-electron chi connectivity index (χ4n) is 3.97. The van der Waals surface area contributed by atoms with Crippen molar-refractivity contribution < 1.29 is 22.3 Å². The lowest BCUT2D eigenvalue weighted by atomic mass is 9.93. The first-order chi connectivity index (χ1) is 13.6. The van der Waals surface area contributed by atoms with Gasteiger partial charge in [-0.25, -0.2) is 8.78 Å². The van der Waals surface area contributed by atoms with E-state index in [1.807, 2.05) is 6.92 Å². The van der Waals surface area contributed by atoms with Gasteiger partial charge in [-0.1, -0.05) is 26.2 Å². The molecule has 2 heterocycles. The molecule has 156 valence electrons. The molecule has 2 fully saturated rings. The Kier molecular flexibility index (Phi) is 7.21. The minimum absolute atomic E-state index is 0.0196. The number of benzene rings is 1. The predicted octanol–water partition coefficient (Wildman–Crippen LogP) is 5.05. The molecule has 1 aromatic carbocycles. The van der Waals surface area contributed by atoms with Crippen LogP contribution >= 0.6 is 0 Å². The Bertz CT molecular complexity index is 693. The van der Waals surface area contributed by atoms with Crippen LogP contribution in [-0.2, 0) is 0 Å². The smallest absolute Gasteiger partial charge is 0.204 e. The SMILES string of the molecule is CCCCCCOc1c(F)c(F)c(C(=C2CCCN2)C2CCCN2)c(F)c1F. The van der Waals surface area contributed by atoms with Crippen LogP contribution in [0.2, 0.25) is 0 Å². The summed E-state index contributed by atoms with van der Waals surface area (Å²) in [5.41, 5.74) is 0.346. The molecule has 0 amide bonds. The molecule has 2 aliphatic rings. The zero-order valence-electron chi connectivity index (χ0n) is 16.3. The van der Waals surface area contributed by atoms with Gasteiger partial charge in [-0.2, -0.15) is 8.78 Å². The first-order valence-electron chi connectivity index (χ1n) is 10.3. The van der Waals surface area contributed by atoms with Gasteiger partial charge in [-0.15, -0.1) is 0 Å². The number of hydrogen-bond acceptors (Lipinski definition) is 3. The molecule has 0 aromatic heterocycles. The van der Waals surface area contributed by atoms with Crippen LogP contribution in [0.1, 0.15) is 63.9 Å². The van der Waals surface area contributed by atoms with Crippen molar-refractivity contribution in [2.75, 3.05) is 19.7 Å². The second kappa shape index (κ2) is 9.63. The first kappa shape index (κ1) is 21.0. The van der Waals surface area contributed by atoms with E-state index in [9.17, 15) is 17.6 Å². The lowest BCUT2D eigenvalue weighted by Crippen LogP contribution is -2.27. The molecule has 0 bridgehead atoms.